The minimum Gasteiger partial charge on any atom is -0.378 e. The van der Waals surface area contributed by atoms with Gasteiger partial charge in [-0.15, -0.1) is 0 Å². The molecule has 0 unspecified atom stereocenters. The number of hydrogen-bond donors (Lipinski definition) is 1. The SMILES string of the molecule is CN(C)c1ccc(C(=O)N2CCC3(CC2)C[C@H](NC(=O)c2ccccn2)CO3)cc1. The van der Waals surface area contributed by atoms with Crippen molar-refractivity contribution >= 4 is 17.5 Å². The van der Waals surface area contributed by atoms with Gasteiger partial charge in [-0.2, -0.15) is 0 Å². The number of piperidine rings is 1. The van der Waals surface area contributed by atoms with E-state index in [9.17, 15) is 9.59 Å². The number of nitrogens with zero attached hydrogens (tertiary/aromatic N) is 3. The molecule has 158 valence electrons. The van der Waals surface area contributed by atoms with Crippen LogP contribution in [0.2, 0.25) is 0 Å². The van der Waals surface area contributed by atoms with Crippen LogP contribution in [0, 0.1) is 0 Å². The first kappa shape index (κ1) is 20.3. The Morgan fingerprint density at radius 2 is 1.87 bits per heavy atom. The molecular formula is C23H28N4O3. The number of carbonyl (C=O) groups is 2. The highest BCUT2D eigenvalue weighted by atomic mass is 16.5. The zero-order chi connectivity index (χ0) is 21.1. The summed E-state index contributed by atoms with van der Waals surface area (Å²) in [5.74, 6) is -0.108. The molecule has 2 fully saturated rings. The van der Waals surface area contributed by atoms with Crippen molar-refractivity contribution in [2.45, 2.75) is 30.9 Å². The van der Waals surface area contributed by atoms with E-state index in [2.05, 4.69) is 10.3 Å². The number of benzene rings is 1. The molecule has 4 rings (SSSR count). The van der Waals surface area contributed by atoms with E-state index >= 15 is 0 Å². The second-order valence-electron chi connectivity index (χ2n) is 8.32. The maximum Gasteiger partial charge on any atom is 0.270 e. The van der Waals surface area contributed by atoms with Crippen LogP contribution in [0.1, 0.15) is 40.1 Å². The molecule has 1 aromatic carbocycles. The molecule has 7 heteroatoms. The molecule has 1 atom stereocenters. The maximum atomic E-state index is 12.9. The second-order valence-corrected chi connectivity index (χ2v) is 8.32. The van der Waals surface area contributed by atoms with Gasteiger partial charge in [0.05, 0.1) is 18.2 Å². The molecule has 0 bridgehead atoms. The summed E-state index contributed by atoms with van der Waals surface area (Å²) in [4.78, 5) is 33.2. The minimum atomic E-state index is -0.256. The third-order valence-electron chi connectivity index (χ3n) is 6.03. The van der Waals surface area contributed by atoms with Crippen molar-refractivity contribution < 1.29 is 14.3 Å². The lowest BCUT2D eigenvalue weighted by Gasteiger charge is -2.38. The van der Waals surface area contributed by atoms with E-state index in [0.717, 1.165) is 24.9 Å². The van der Waals surface area contributed by atoms with Gasteiger partial charge in [0.2, 0.25) is 0 Å². The monoisotopic (exact) mass is 408 g/mol. The molecule has 30 heavy (non-hydrogen) atoms. The summed E-state index contributed by atoms with van der Waals surface area (Å²) in [5.41, 5.74) is 1.94. The predicted octanol–water partition coefficient (Wildman–Crippen LogP) is 2.34. The van der Waals surface area contributed by atoms with E-state index in [1.165, 1.54) is 0 Å². The lowest BCUT2D eigenvalue weighted by atomic mass is 9.87. The van der Waals surface area contributed by atoms with E-state index in [0.29, 0.717) is 31.0 Å². The van der Waals surface area contributed by atoms with Crippen molar-refractivity contribution in [3.05, 3.63) is 59.9 Å². The molecule has 3 heterocycles. The number of rotatable bonds is 4. The highest BCUT2D eigenvalue weighted by Crippen LogP contribution is 2.36. The summed E-state index contributed by atoms with van der Waals surface area (Å²) in [6.07, 6.45) is 3.95. The Balaban J connectivity index is 1.31. The zero-order valence-corrected chi connectivity index (χ0v) is 17.5. The van der Waals surface area contributed by atoms with E-state index in [1.807, 2.05) is 48.2 Å². The second kappa shape index (κ2) is 8.44. The summed E-state index contributed by atoms with van der Waals surface area (Å²) in [7, 11) is 3.96. The molecule has 2 aliphatic rings. The smallest absolute Gasteiger partial charge is 0.270 e. The van der Waals surface area contributed by atoms with Crippen LogP contribution in [0.3, 0.4) is 0 Å². The molecule has 2 amide bonds. The van der Waals surface area contributed by atoms with E-state index in [-0.39, 0.29) is 23.5 Å². The molecule has 0 aliphatic carbocycles. The van der Waals surface area contributed by atoms with Crippen molar-refractivity contribution in [1.29, 1.82) is 0 Å². The quantitative estimate of drug-likeness (QED) is 0.841. The summed E-state index contributed by atoms with van der Waals surface area (Å²) >= 11 is 0. The highest BCUT2D eigenvalue weighted by Gasteiger charge is 2.44. The Morgan fingerprint density at radius 1 is 1.13 bits per heavy atom. The van der Waals surface area contributed by atoms with Crippen LogP contribution in [0.4, 0.5) is 5.69 Å². The highest BCUT2D eigenvalue weighted by molar-refractivity contribution is 5.94. The van der Waals surface area contributed by atoms with E-state index in [1.54, 1.807) is 24.4 Å². The third kappa shape index (κ3) is 4.31. The van der Waals surface area contributed by atoms with Gasteiger partial charge < -0.3 is 19.9 Å². The Labute approximate surface area is 177 Å². The van der Waals surface area contributed by atoms with Crippen molar-refractivity contribution in [1.82, 2.24) is 15.2 Å². The standard InChI is InChI=1S/C23H28N4O3/c1-26(2)19-8-6-17(7-9-19)22(29)27-13-10-23(11-14-27)15-18(16-30-23)25-21(28)20-5-3-4-12-24-20/h3-9,12,18H,10-11,13-16H2,1-2H3,(H,25,28)/t18-/m0/s1. The van der Waals surface area contributed by atoms with Gasteiger partial charge in [-0.3, -0.25) is 14.6 Å². The number of hydrogen-bond acceptors (Lipinski definition) is 5. The van der Waals surface area contributed by atoms with Crippen LogP contribution in [0.25, 0.3) is 0 Å². The zero-order valence-electron chi connectivity index (χ0n) is 17.5. The lowest BCUT2D eigenvalue weighted by molar-refractivity contribution is -0.0389. The molecule has 2 aromatic rings. The van der Waals surface area contributed by atoms with E-state index < -0.39 is 0 Å². The number of nitrogens with one attached hydrogen (secondary N) is 1. The summed E-state index contributed by atoms with van der Waals surface area (Å²) in [6, 6.07) is 13.0. The van der Waals surface area contributed by atoms with Crippen molar-refractivity contribution in [2.75, 3.05) is 38.7 Å². The number of anilines is 1. The number of ether oxygens (including phenoxy) is 1. The van der Waals surface area contributed by atoms with Gasteiger partial charge in [-0.05, 0) is 55.7 Å². The summed E-state index contributed by atoms with van der Waals surface area (Å²) in [5, 5.41) is 3.03. The lowest BCUT2D eigenvalue weighted by Crippen LogP contribution is -2.47. The van der Waals surface area contributed by atoms with E-state index in [4.69, 9.17) is 4.74 Å². The third-order valence-corrected chi connectivity index (χ3v) is 6.03. The topological polar surface area (TPSA) is 74.8 Å². The average molecular weight is 409 g/mol. The average Bonchev–Trinajstić information content (AvgIpc) is 3.16. The van der Waals surface area contributed by atoms with Crippen LogP contribution in [-0.4, -0.2) is 67.1 Å². The number of likely N-dealkylation sites (tertiary alicyclic amines) is 1. The molecule has 2 saturated heterocycles. The Morgan fingerprint density at radius 3 is 2.50 bits per heavy atom. The maximum absolute atomic E-state index is 12.9. The van der Waals surface area contributed by atoms with Gasteiger partial charge in [0.25, 0.3) is 11.8 Å². The Hall–Kier alpha value is -2.93. The first-order valence-corrected chi connectivity index (χ1v) is 10.4. The fourth-order valence-corrected chi connectivity index (χ4v) is 4.24. The van der Waals surface area contributed by atoms with Gasteiger partial charge in [-0.1, -0.05) is 6.07 Å². The molecular weight excluding hydrogens is 380 g/mol. The fraction of sp³-hybridized carbons (Fsp3) is 0.435. The van der Waals surface area contributed by atoms with Crippen molar-refractivity contribution in [3.63, 3.8) is 0 Å². The van der Waals surface area contributed by atoms with Crippen LogP contribution < -0.4 is 10.2 Å². The Kier molecular flexibility index (Phi) is 5.72. The number of pyridine rings is 1. The summed E-state index contributed by atoms with van der Waals surface area (Å²) in [6.45, 7) is 1.82. The molecule has 1 aromatic heterocycles. The first-order chi connectivity index (χ1) is 14.5. The van der Waals surface area contributed by atoms with Crippen LogP contribution in [0.15, 0.2) is 48.7 Å². The van der Waals surface area contributed by atoms with Gasteiger partial charge in [0, 0.05) is 44.6 Å². The molecule has 7 nitrogen and oxygen atoms in total. The van der Waals surface area contributed by atoms with Crippen LogP contribution in [0.5, 0.6) is 0 Å². The number of aromatic nitrogens is 1. The number of amides is 2. The molecule has 1 spiro atoms. The van der Waals surface area contributed by atoms with Gasteiger partial charge in [-0.25, -0.2) is 0 Å². The predicted molar refractivity (Wildman–Crippen MR) is 115 cm³/mol. The number of carbonyl (C=O) groups excluding carboxylic acids is 2. The Bertz CT molecular complexity index is 890. The van der Waals surface area contributed by atoms with Crippen LogP contribution >= 0.6 is 0 Å². The van der Waals surface area contributed by atoms with Gasteiger partial charge in [0.1, 0.15) is 5.69 Å². The molecule has 0 saturated carbocycles. The molecule has 2 aliphatic heterocycles. The fourth-order valence-electron chi connectivity index (χ4n) is 4.24. The molecule has 0 radical (unpaired) electrons. The normalized spacial score (nSPS) is 20.2. The minimum absolute atomic E-state index is 0.0275. The van der Waals surface area contributed by atoms with Crippen LogP contribution in [-0.2, 0) is 4.74 Å². The molecule has 1 N–H and O–H groups in total. The largest absolute Gasteiger partial charge is 0.378 e. The van der Waals surface area contributed by atoms with Crippen molar-refractivity contribution in [2.24, 2.45) is 0 Å². The summed E-state index contributed by atoms with van der Waals surface area (Å²) < 4.78 is 6.13. The van der Waals surface area contributed by atoms with Gasteiger partial charge in [0.15, 0.2) is 0 Å². The first-order valence-electron chi connectivity index (χ1n) is 10.4. The van der Waals surface area contributed by atoms with Gasteiger partial charge >= 0.3 is 0 Å². The van der Waals surface area contributed by atoms with Crippen molar-refractivity contribution in [3.8, 4) is 0 Å².